The number of nitrogens with zero attached hydrogens (tertiary/aromatic N) is 5. The lowest BCUT2D eigenvalue weighted by Crippen LogP contribution is -2.29. The molecule has 5 heterocycles. The van der Waals surface area contributed by atoms with Gasteiger partial charge >= 0.3 is 6.18 Å². The third-order valence-corrected chi connectivity index (χ3v) is 11.7. The Hall–Kier alpha value is -4.74. The van der Waals surface area contributed by atoms with E-state index in [0.29, 0.717) is 24.6 Å². The van der Waals surface area contributed by atoms with Crippen LogP contribution in [-0.2, 0) is 19.8 Å². The van der Waals surface area contributed by atoms with Crippen LogP contribution in [0.2, 0.25) is 5.02 Å². The van der Waals surface area contributed by atoms with E-state index in [2.05, 4.69) is 76.9 Å². The number of thioether (sulfide) groups is 1. The number of aromatic nitrogens is 3. The smallest absolute Gasteiger partial charge is 0.350 e. The molecule has 0 spiro atoms. The first kappa shape index (κ1) is 37.6. The van der Waals surface area contributed by atoms with Crippen LogP contribution >= 0.6 is 23.4 Å². The minimum absolute atomic E-state index is 0.0361. The summed E-state index contributed by atoms with van der Waals surface area (Å²) in [6.07, 6.45) is 5.30. The second-order valence-corrected chi connectivity index (χ2v) is 15.0. The predicted octanol–water partition coefficient (Wildman–Crippen LogP) is 9.89. The van der Waals surface area contributed by atoms with E-state index in [0.717, 1.165) is 66.6 Å². The highest BCUT2D eigenvalue weighted by Crippen LogP contribution is 2.37. The number of hydrogen-bond donors (Lipinski definition) is 0. The van der Waals surface area contributed by atoms with Crippen molar-refractivity contribution in [3.8, 4) is 0 Å². The fourth-order valence-corrected chi connectivity index (χ4v) is 8.62. The number of carbonyl (C=O) groups excluding carboxylic acids is 2. The van der Waals surface area contributed by atoms with Gasteiger partial charge in [0, 0.05) is 92.0 Å². The van der Waals surface area contributed by atoms with Gasteiger partial charge in [-0.25, -0.2) is 4.98 Å². The molecule has 6 aromatic rings. The molecule has 0 N–H and O–H groups in total. The van der Waals surface area contributed by atoms with E-state index in [1.807, 2.05) is 35.4 Å². The zero-order valence-electron chi connectivity index (χ0n) is 30.3. The van der Waals surface area contributed by atoms with Crippen LogP contribution in [0.3, 0.4) is 0 Å². The summed E-state index contributed by atoms with van der Waals surface area (Å²) >= 11 is 7.58. The van der Waals surface area contributed by atoms with Crippen LogP contribution in [0.1, 0.15) is 69.0 Å². The summed E-state index contributed by atoms with van der Waals surface area (Å²) < 4.78 is 43.5. The number of amides is 2. The van der Waals surface area contributed by atoms with Crippen LogP contribution in [0, 0.1) is 0 Å². The molecule has 0 aliphatic carbocycles. The van der Waals surface area contributed by atoms with Crippen molar-refractivity contribution >= 4 is 57.0 Å². The largest absolute Gasteiger partial charge is 0.416 e. The lowest BCUT2D eigenvalue weighted by molar-refractivity contribution is -0.137. The molecule has 0 bridgehead atoms. The zero-order chi connectivity index (χ0) is 38.1. The molecule has 7 nitrogen and oxygen atoms in total. The maximum atomic E-state index is 13.0. The van der Waals surface area contributed by atoms with Gasteiger partial charge in [-0.2, -0.15) is 13.2 Å². The summed E-state index contributed by atoms with van der Waals surface area (Å²) in [4.78, 5) is 33.8. The number of carbonyl (C=O) groups is 2. The van der Waals surface area contributed by atoms with Crippen molar-refractivity contribution in [2.24, 2.45) is 7.05 Å². The van der Waals surface area contributed by atoms with Gasteiger partial charge < -0.3 is 18.9 Å². The van der Waals surface area contributed by atoms with Crippen LogP contribution in [0.15, 0.2) is 102 Å². The molecule has 0 saturated carbocycles. The number of pyridine rings is 1. The van der Waals surface area contributed by atoms with Crippen LogP contribution in [0.5, 0.6) is 0 Å². The molecule has 3 aromatic heterocycles. The first-order valence-corrected chi connectivity index (χ1v) is 19.6. The lowest BCUT2D eigenvalue weighted by atomic mass is 9.98. The summed E-state index contributed by atoms with van der Waals surface area (Å²) in [5, 5.41) is 3.30. The van der Waals surface area contributed by atoms with Gasteiger partial charge in [-0.1, -0.05) is 48.0 Å². The van der Waals surface area contributed by atoms with E-state index < -0.39 is 17.6 Å². The van der Waals surface area contributed by atoms with Crippen LogP contribution in [-0.4, -0.2) is 68.2 Å². The average Bonchev–Trinajstić information content (AvgIpc) is 4.00. The van der Waals surface area contributed by atoms with E-state index in [1.54, 1.807) is 11.1 Å². The highest BCUT2D eigenvalue weighted by Gasteiger charge is 2.35. The summed E-state index contributed by atoms with van der Waals surface area (Å²) in [6, 6.07) is 23.2. The standard InChI is InChI=1S/C22H20ClF3N2O.C20H21N3OS/c1-2-27-13-18(16-5-3-4-6-20(16)27)14-9-10-28(12-14)21(29)17-11-15(22(24,25)26)7-8-19(17)23;1-22-13-17(15-6-3-4-8-18(15)22)14-9-11-23(12-14)20(24)16-7-5-10-21-19(16)25-2/h3-8,11,13-14H,2,9-10,12H2,1H3;3-8,10,13-14H,9,11-12H2,1-2H3. The Morgan fingerprint density at radius 1 is 0.815 bits per heavy atom. The molecule has 2 aliphatic rings. The monoisotopic (exact) mass is 771 g/mol. The Labute approximate surface area is 321 Å². The average molecular weight is 772 g/mol. The predicted molar refractivity (Wildman–Crippen MR) is 210 cm³/mol. The summed E-state index contributed by atoms with van der Waals surface area (Å²) in [7, 11) is 2.09. The first-order valence-electron chi connectivity index (χ1n) is 18.0. The number of likely N-dealkylation sites (tertiary alicyclic amines) is 2. The van der Waals surface area contributed by atoms with Gasteiger partial charge in [-0.05, 0) is 79.6 Å². The molecule has 2 fully saturated rings. The third kappa shape index (κ3) is 7.36. The van der Waals surface area contributed by atoms with E-state index in [4.69, 9.17) is 11.6 Å². The molecule has 2 aliphatic heterocycles. The van der Waals surface area contributed by atoms with Gasteiger partial charge in [0.1, 0.15) is 5.03 Å². The van der Waals surface area contributed by atoms with Gasteiger partial charge in [-0.15, -0.1) is 11.8 Å². The van der Waals surface area contributed by atoms with Gasteiger partial charge in [0.05, 0.1) is 21.7 Å². The quantitative estimate of drug-likeness (QED) is 0.158. The van der Waals surface area contributed by atoms with Gasteiger partial charge in [0.25, 0.3) is 11.8 Å². The molecule has 2 unspecified atom stereocenters. The topological polar surface area (TPSA) is 63.4 Å². The Morgan fingerprint density at radius 2 is 1.41 bits per heavy atom. The Bertz CT molecular complexity index is 2340. The normalized spacial score (nSPS) is 17.3. The molecular weight excluding hydrogens is 731 g/mol. The fourth-order valence-electron chi connectivity index (χ4n) is 7.88. The molecule has 54 heavy (non-hydrogen) atoms. The molecule has 2 amide bonds. The molecule has 0 radical (unpaired) electrons. The van der Waals surface area contributed by atoms with Crippen LogP contribution in [0.25, 0.3) is 21.8 Å². The molecule has 12 heteroatoms. The Kier molecular flexibility index (Phi) is 10.8. The highest BCUT2D eigenvalue weighted by atomic mass is 35.5. The number of alkyl halides is 3. The summed E-state index contributed by atoms with van der Waals surface area (Å²) in [5.74, 6) is 0.175. The number of halogens is 4. The van der Waals surface area contributed by atoms with Crippen molar-refractivity contribution in [1.29, 1.82) is 0 Å². The Balaban J connectivity index is 0.000000168. The molecule has 3 aromatic carbocycles. The number of fused-ring (bicyclic) bond motifs is 2. The van der Waals surface area contributed by atoms with Crippen molar-refractivity contribution in [2.75, 3.05) is 32.4 Å². The van der Waals surface area contributed by atoms with Crippen molar-refractivity contribution < 1.29 is 22.8 Å². The minimum atomic E-state index is -4.52. The molecule has 2 saturated heterocycles. The number of benzene rings is 3. The van der Waals surface area contributed by atoms with Crippen molar-refractivity contribution in [3.63, 3.8) is 0 Å². The third-order valence-electron chi connectivity index (χ3n) is 10.6. The zero-order valence-corrected chi connectivity index (χ0v) is 31.9. The number of para-hydroxylation sites is 2. The van der Waals surface area contributed by atoms with E-state index in [-0.39, 0.29) is 22.4 Å². The Morgan fingerprint density at radius 3 is 2.04 bits per heavy atom. The molecule has 8 rings (SSSR count). The van der Waals surface area contributed by atoms with Crippen molar-refractivity contribution in [3.05, 3.63) is 130 Å². The number of hydrogen-bond acceptors (Lipinski definition) is 4. The second kappa shape index (κ2) is 15.5. The second-order valence-electron chi connectivity index (χ2n) is 13.8. The highest BCUT2D eigenvalue weighted by molar-refractivity contribution is 7.98. The molecule has 2 atom stereocenters. The SMILES string of the molecule is CCn1cc(C2CCN(C(=O)c3cc(C(F)(F)F)ccc3Cl)C2)c2ccccc21.CSc1ncccc1C(=O)N1CCC(c2cn(C)c3ccccc23)C1. The van der Waals surface area contributed by atoms with Crippen molar-refractivity contribution in [1.82, 2.24) is 23.9 Å². The van der Waals surface area contributed by atoms with Crippen molar-refractivity contribution in [2.45, 2.75) is 49.3 Å². The molecule has 280 valence electrons. The number of rotatable bonds is 6. The maximum absolute atomic E-state index is 13.0. The van der Waals surface area contributed by atoms with Crippen LogP contribution in [0.4, 0.5) is 13.2 Å². The summed E-state index contributed by atoms with van der Waals surface area (Å²) in [5.41, 5.74) is 4.67. The van der Waals surface area contributed by atoms with Gasteiger partial charge in [0.15, 0.2) is 0 Å². The molecular formula is C42H41ClF3N5O2S. The lowest BCUT2D eigenvalue weighted by Gasteiger charge is -2.18. The van der Waals surface area contributed by atoms with E-state index in [9.17, 15) is 22.8 Å². The first-order chi connectivity index (χ1) is 26.0. The van der Waals surface area contributed by atoms with Crippen LogP contribution < -0.4 is 0 Å². The number of aryl methyl sites for hydroxylation is 2. The van der Waals surface area contributed by atoms with E-state index >= 15 is 0 Å². The fraction of sp³-hybridized carbons (Fsp3) is 0.310. The van der Waals surface area contributed by atoms with E-state index in [1.165, 1.54) is 33.8 Å². The maximum Gasteiger partial charge on any atom is 0.416 e. The van der Waals surface area contributed by atoms with Gasteiger partial charge in [-0.3, -0.25) is 9.59 Å². The minimum Gasteiger partial charge on any atom is -0.350 e. The van der Waals surface area contributed by atoms with Gasteiger partial charge in [0.2, 0.25) is 0 Å². The summed E-state index contributed by atoms with van der Waals surface area (Å²) in [6.45, 7) is 5.45.